The van der Waals surface area contributed by atoms with Crippen molar-refractivity contribution in [2.75, 3.05) is 6.54 Å². The number of hydrogen-bond acceptors (Lipinski definition) is 2. The Morgan fingerprint density at radius 3 is 2.60 bits per heavy atom. The zero-order valence-corrected chi connectivity index (χ0v) is 6.18. The summed E-state index contributed by atoms with van der Waals surface area (Å²) in [6.45, 7) is 2.58. The topological polar surface area (TPSA) is 49.3 Å². The molecule has 0 aromatic heterocycles. The van der Waals surface area contributed by atoms with Gasteiger partial charge in [-0.15, -0.1) is 0 Å². The second kappa shape index (κ2) is 2.58. The van der Waals surface area contributed by atoms with E-state index in [0.717, 1.165) is 25.8 Å². The molecule has 0 spiro atoms. The van der Waals surface area contributed by atoms with Crippen molar-refractivity contribution in [1.29, 1.82) is 0 Å². The number of carboxylic acids is 1. The lowest BCUT2D eigenvalue weighted by molar-refractivity contribution is -0.145. The van der Waals surface area contributed by atoms with Crippen molar-refractivity contribution in [3.63, 3.8) is 0 Å². The third-order valence-electron chi connectivity index (χ3n) is 2.09. The summed E-state index contributed by atoms with van der Waals surface area (Å²) in [7, 11) is 0. The van der Waals surface area contributed by atoms with E-state index in [-0.39, 0.29) is 0 Å². The van der Waals surface area contributed by atoms with Crippen LogP contribution in [0.25, 0.3) is 0 Å². The second-order valence-corrected chi connectivity index (χ2v) is 3.02. The highest BCUT2D eigenvalue weighted by atomic mass is 16.4. The quantitative estimate of drug-likeness (QED) is 0.565. The van der Waals surface area contributed by atoms with Crippen LogP contribution in [0.5, 0.6) is 0 Å². The molecule has 0 bridgehead atoms. The van der Waals surface area contributed by atoms with Gasteiger partial charge in [0.1, 0.15) is 5.54 Å². The Balaban J connectivity index is 2.56. The first-order chi connectivity index (χ1) is 4.65. The highest BCUT2D eigenvalue weighted by Crippen LogP contribution is 2.18. The fraction of sp³-hybridized carbons (Fsp3) is 0.857. The van der Waals surface area contributed by atoms with Crippen LogP contribution in [0.3, 0.4) is 0 Å². The average molecular weight is 143 g/mol. The maximum absolute atomic E-state index is 10.6. The van der Waals surface area contributed by atoms with Crippen molar-refractivity contribution in [2.24, 2.45) is 0 Å². The van der Waals surface area contributed by atoms with Gasteiger partial charge in [-0.3, -0.25) is 4.79 Å². The molecule has 3 nitrogen and oxygen atoms in total. The highest BCUT2D eigenvalue weighted by molar-refractivity contribution is 5.78. The summed E-state index contributed by atoms with van der Waals surface area (Å²) in [6, 6.07) is 0. The molecule has 1 aliphatic heterocycles. The third kappa shape index (κ3) is 1.29. The first-order valence-electron chi connectivity index (χ1n) is 3.63. The van der Waals surface area contributed by atoms with Gasteiger partial charge in [-0.05, 0) is 32.7 Å². The van der Waals surface area contributed by atoms with E-state index in [2.05, 4.69) is 5.32 Å². The summed E-state index contributed by atoms with van der Waals surface area (Å²) in [5.74, 6) is -0.729. The normalized spacial score (nSPS) is 33.7. The molecular formula is C7H13NO2. The van der Waals surface area contributed by atoms with Crippen molar-refractivity contribution in [3.05, 3.63) is 0 Å². The minimum absolute atomic E-state index is 0.655. The highest BCUT2D eigenvalue weighted by Gasteiger charge is 2.33. The first-order valence-corrected chi connectivity index (χ1v) is 3.63. The summed E-state index contributed by atoms with van der Waals surface area (Å²) < 4.78 is 0. The smallest absolute Gasteiger partial charge is 0.323 e. The van der Waals surface area contributed by atoms with Crippen LogP contribution in [0, 0.1) is 0 Å². The van der Waals surface area contributed by atoms with Crippen LogP contribution in [0.2, 0.25) is 0 Å². The van der Waals surface area contributed by atoms with Crippen LogP contribution in [0.15, 0.2) is 0 Å². The Hall–Kier alpha value is -0.570. The number of aliphatic carboxylic acids is 1. The van der Waals surface area contributed by atoms with Gasteiger partial charge in [-0.25, -0.2) is 0 Å². The van der Waals surface area contributed by atoms with Crippen LogP contribution in [0.4, 0.5) is 0 Å². The standard InChI is InChI=1S/C7H13NO2/c1-7(6(9)10)4-2-3-5-8-7/h8H,2-5H2,1H3,(H,9,10)/t7-/m1/s1. The zero-order valence-electron chi connectivity index (χ0n) is 6.18. The number of rotatable bonds is 1. The number of hydrogen-bond donors (Lipinski definition) is 2. The Morgan fingerprint density at radius 2 is 2.30 bits per heavy atom. The Bertz CT molecular complexity index is 139. The summed E-state index contributed by atoms with van der Waals surface area (Å²) in [6.07, 6.45) is 2.88. The number of piperidine rings is 1. The molecule has 10 heavy (non-hydrogen) atoms. The van der Waals surface area contributed by atoms with Crippen molar-refractivity contribution < 1.29 is 9.90 Å². The molecule has 0 aromatic rings. The fourth-order valence-corrected chi connectivity index (χ4v) is 1.24. The van der Waals surface area contributed by atoms with E-state index in [1.165, 1.54) is 0 Å². The molecule has 58 valence electrons. The number of carbonyl (C=O) groups is 1. The molecule has 1 saturated heterocycles. The largest absolute Gasteiger partial charge is 0.480 e. The average Bonchev–Trinajstić information content (AvgIpc) is 1.89. The lowest BCUT2D eigenvalue weighted by Gasteiger charge is -2.30. The van der Waals surface area contributed by atoms with E-state index in [9.17, 15) is 4.79 Å². The monoisotopic (exact) mass is 143 g/mol. The van der Waals surface area contributed by atoms with Gasteiger partial charge in [0.2, 0.25) is 0 Å². The molecule has 0 unspecified atom stereocenters. The molecule has 1 atom stereocenters. The van der Waals surface area contributed by atoms with E-state index in [1.807, 2.05) is 0 Å². The fourth-order valence-electron chi connectivity index (χ4n) is 1.24. The molecule has 0 aromatic carbocycles. The Labute approximate surface area is 60.4 Å². The maximum atomic E-state index is 10.6. The van der Waals surface area contributed by atoms with Crippen LogP contribution in [-0.4, -0.2) is 23.2 Å². The van der Waals surface area contributed by atoms with Crippen molar-refractivity contribution >= 4 is 5.97 Å². The zero-order chi connectivity index (χ0) is 7.61. The first kappa shape index (κ1) is 7.54. The Kier molecular flexibility index (Phi) is 1.94. The summed E-state index contributed by atoms with van der Waals surface area (Å²) in [4.78, 5) is 10.6. The molecule has 0 radical (unpaired) electrons. The van der Waals surface area contributed by atoms with Gasteiger partial charge in [0.05, 0.1) is 0 Å². The summed E-state index contributed by atoms with van der Waals surface area (Å²) >= 11 is 0. The minimum atomic E-state index is -0.729. The third-order valence-corrected chi connectivity index (χ3v) is 2.09. The molecule has 2 N–H and O–H groups in total. The number of carboxylic acid groups (broad SMARTS) is 1. The van der Waals surface area contributed by atoms with Gasteiger partial charge in [0, 0.05) is 0 Å². The molecule has 1 aliphatic rings. The molecule has 1 heterocycles. The van der Waals surface area contributed by atoms with Crippen LogP contribution >= 0.6 is 0 Å². The van der Waals surface area contributed by atoms with Gasteiger partial charge in [0.15, 0.2) is 0 Å². The molecule has 0 saturated carbocycles. The van der Waals surface area contributed by atoms with E-state index in [1.54, 1.807) is 6.92 Å². The number of nitrogens with one attached hydrogen (secondary N) is 1. The van der Waals surface area contributed by atoms with E-state index in [4.69, 9.17) is 5.11 Å². The summed E-state index contributed by atoms with van der Waals surface area (Å²) in [5, 5.41) is 11.7. The van der Waals surface area contributed by atoms with Crippen molar-refractivity contribution in [1.82, 2.24) is 5.32 Å². The van der Waals surface area contributed by atoms with Crippen LogP contribution < -0.4 is 5.32 Å². The maximum Gasteiger partial charge on any atom is 0.323 e. The molecule has 0 aliphatic carbocycles. The van der Waals surface area contributed by atoms with Crippen molar-refractivity contribution in [2.45, 2.75) is 31.7 Å². The van der Waals surface area contributed by atoms with Gasteiger partial charge >= 0.3 is 5.97 Å². The molecule has 0 amide bonds. The SMILES string of the molecule is C[C@]1(C(=O)O)CCCCN1. The molecular weight excluding hydrogens is 130 g/mol. The van der Waals surface area contributed by atoms with Gasteiger partial charge in [0.25, 0.3) is 0 Å². The van der Waals surface area contributed by atoms with Crippen molar-refractivity contribution in [3.8, 4) is 0 Å². The van der Waals surface area contributed by atoms with E-state index < -0.39 is 11.5 Å². The molecule has 1 fully saturated rings. The second-order valence-electron chi connectivity index (χ2n) is 3.02. The van der Waals surface area contributed by atoms with Gasteiger partial charge in [-0.1, -0.05) is 0 Å². The lowest BCUT2D eigenvalue weighted by atomic mass is 9.91. The van der Waals surface area contributed by atoms with E-state index >= 15 is 0 Å². The molecule has 1 rings (SSSR count). The van der Waals surface area contributed by atoms with Gasteiger partial charge in [-0.2, -0.15) is 0 Å². The predicted octanol–water partition coefficient (Wildman–Crippen LogP) is 0.603. The van der Waals surface area contributed by atoms with Crippen LogP contribution in [0.1, 0.15) is 26.2 Å². The lowest BCUT2D eigenvalue weighted by Crippen LogP contribution is -2.52. The minimum Gasteiger partial charge on any atom is -0.480 e. The molecule has 3 heteroatoms. The Morgan fingerprint density at radius 1 is 1.60 bits per heavy atom. The van der Waals surface area contributed by atoms with Gasteiger partial charge < -0.3 is 10.4 Å². The van der Waals surface area contributed by atoms with Crippen LogP contribution in [-0.2, 0) is 4.79 Å². The predicted molar refractivity (Wildman–Crippen MR) is 37.9 cm³/mol. The van der Waals surface area contributed by atoms with E-state index in [0.29, 0.717) is 0 Å². The summed E-state index contributed by atoms with van der Waals surface area (Å²) in [5.41, 5.74) is -0.655.